The Kier molecular flexibility index (Phi) is 7.33. The van der Waals surface area contributed by atoms with Gasteiger partial charge in [-0.3, -0.25) is 14.4 Å². The molecule has 6 rings (SSSR count). The number of nitrogens with zero attached hydrogens (tertiary/aromatic N) is 3. The first-order valence-electron chi connectivity index (χ1n) is 13.9. The maximum atomic E-state index is 14.5. The molecule has 4 aromatic rings. The smallest absolute Gasteiger partial charge is 0.261 e. The number of pyridine rings is 1. The highest BCUT2D eigenvalue weighted by Crippen LogP contribution is 2.39. The van der Waals surface area contributed by atoms with Gasteiger partial charge in [-0.25, -0.2) is 8.78 Å². The summed E-state index contributed by atoms with van der Waals surface area (Å²) in [7, 11) is 1.70. The van der Waals surface area contributed by atoms with E-state index in [0.717, 1.165) is 29.8 Å². The van der Waals surface area contributed by atoms with Gasteiger partial charge in [-0.1, -0.05) is 42.5 Å². The number of rotatable bonds is 6. The number of fused-ring (bicyclic) bond motifs is 4. The van der Waals surface area contributed by atoms with E-state index in [4.69, 9.17) is 0 Å². The lowest BCUT2D eigenvalue weighted by molar-refractivity contribution is 0.0784. The summed E-state index contributed by atoms with van der Waals surface area (Å²) in [4.78, 5) is 42.8. The van der Waals surface area contributed by atoms with Gasteiger partial charge in [0, 0.05) is 56.5 Å². The Morgan fingerprint density at radius 1 is 0.905 bits per heavy atom. The fraction of sp³-hybridized carbons (Fsp3) is 0.242. The van der Waals surface area contributed by atoms with Crippen LogP contribution >= 0.6 is 0 Å². The topological polar surface area (TPSA) is 74.7 Å². The molecule has 3 heterocycles. The zero-order valence-corrected chi connectivity index (χ0v) is 23.1. The molecule has 214 valence electrons. The predicted molar refractivity (Wildman–Crippen MR) is 157 cm³/mol. The lowest BCUT2D eigenvalue weighted by atomic mass is 9.83. The van der Waals surface area contributed by atoms with Crippen molar-refractivity contribution in [2.24, 2.45) is 5.92 Å². The van der Waals surface area contributed by atoms with Gasteiger partial charge in [-0.15, -0.1) is 0 Å². The summed E-state index contributed by atoms with van der Waals surface area (Å²) in [6.07, 6.45) is 0.933. The predicted octanol–water partition coefficient (Wildman–Crippen LogP) is 5.27. The van der Waals surface area contributed by atoms with E-state index in [1.54, 1.807) is 42.3 Å². The van der Waals surface area contributed by atoms with Crippen LogP contribution in [-0.4, -0.2) is 41.4 Å². The van der Waals surface area contributed by atoms with Crippen molar-refractivity contribution in [3.05, 3.63) is 129 Å². The molecule has 0 spiro atoms. The van der Waals surface area contributed by atoms with Gasteiger partial charge >= 0.3 is 0 Å². The van der Waals surface area contributed by atoms with E-state index in [1.807, 2.05) is 41.0 Å². The number of carbonyl (C=O) groups excluding carboxylic acids is 2. The summed E-state index contributed by atoms with van der Waals surface area (Å²) >= 11 is 0. The SMILES string of the molecule is CN(Cc1ccccc1)C(=O)c1ccc(N2CC3CC(C2)c2cccc(=O)n2C3)c(NC(=O)c2c(F)cccc2F)c1. The molecule has 3 aromatic carbocycles. The summed E-state index contributed by atoms with van der Waals surface area (Å²) < 4.78 is 30.9. The monoisotopic (exact) mass is 568 g/mol. The van der Waals surface area contributed by atoms with Crippen molar-refractivity contribution in [2.75, 3.05) is 30.4 Å². The maximum absolute atomic E-state index is 14.5. The molecule has 2 amide bonds. The van der Waals surface area contributed by atoms with E-state index >= 15 is 0 Å². The van der Waals surface area contributed by atoms with Crippen LogP contribution in [0, 0.1) is 17.6 Å². The van der Waals surface area contributed by atoms with Crippen LogP contribution in [0.2, 0.25) is 0 Å². The summed E-state index contributed by atoms with van der Waals surface area (Å²) in [6, 6.07) is 23.2. The molecule has 0 saturated carbocycles. The first-order valence-corrected chi connectivity index (χ1v) is 13.9. The molecule has 1 saturated heterocycles. The Balaban J connectivity index is 1.34. The van der Waals surface area contributed by atoms with E-state index in [0.29, 0.717) is 37.4 Å². The Labute approximate surface area is 242 Å². The Morgan fingerprint density at radius 3 is 2.40 bits per heavy atom. The highest BCUT2D eigenvalue weighted by molar-refractivity contribution is 6.07. The van der Waals surface area contributed by atoms with E-state index in [-0.39, 0.29) is 29.0 Å². The van der Waals surface area contributed by atoms with Gasteiger partial charge < -0.3 is 19.7 Å². The molecule has 2 bridgehead atoms. The lowest BCUT2D eigenvalue weighted by Gasteiger charge is -2.44. The Bertz CT molecular complexity index is 1700. The van der Waals surface area contributed by atoms with Crippen LogP contribution in [0.15, 0.2) is 89.7 Å². The van der Waals surface area contributed by atoms with E-state index in [1.165, 1.54) is 6.07 Å². The van der Waals surface area contributed by atoms with Gasteiger partial charge in [0.1, 0.15) is 17.2 Å². The first kappa shape index (κ1) is 27.4. The first-order chi connectivity index (χ1) is 20.3. The second kappa shape index (κ2) is 11.2. The van der Waals surface area contributed by atoms with Crippen molar-refractivity contribution in [3.63, 3.8) is 0 Å². The van der Waals surface area contributed by atoms with Crippen LogP contribution in [0.3, 0.4) is 0 Å². The molecule has 1 aromatic heterocycles. The summed E-state index contributed by atoms with van der Waals surface area (Å²) in [6.45, 7) is 2.18. The van der Waals surface area contributed by atoms with Crippen LogP contribution in [0.5, 0.6) is 0 Å². The van der Waals surface area contributed by atoms with Crippen LogP contribution in [0.25, 0.3) is 0 Å². The molecule has 0 aliphatic carbocycles. The van der Waals surface area contributed by atoms with Gasteiger partial charge in [-0.05, 0) is 54.3 Å². The quantitative estimate of drug-likeness (QED) is 0.344. The number of amides is 2. The molecule has 0 radical (unpaired) electrons. The van der Waals surface area contributed by atoms with Crippen molar-refractivity contribution in [1.29, 1.82) is 0 Å². The third-order valence-corrected chi connectivity index (χ3v) is 8.11. The molecule has 2 unspecified atom stereocenters. The number of benzene rings is 3. The minimum absolute atomic E-state index is 0.0157. The molecular formula is C33H30F2N4O3. The molecule has 42 heavy (non-hydrogen) atoms. The lowest BCUT2D eigenvalue weighted by Crippen LogP contribution is -2.47. The molecule has 9 heteroatoms. The average molecular weight is 569 g/mol. The van der Waals surface area contributed by atoms with E-state index < -0.39 is 23.1 Å². The number of aromatic nitrogens is 1. The highest BCUT2D eigenvalue weighted by Gasteiger charge is 2.35. The number of halogens is 2. The van der Waals surface area contributed by atoms with Gasteiger partial charge in [-0.2, -0.15) is 0 Å². The van der Waals surface area contributed by atoms with Crippen LogP contribution < -0.4 is 15.8 Å². The van der Waals surface area contributed by atoms with Gasteiger partial charge in [0.25, 0.3) is 17.4 Å². The highest BCUT2D eigenvalue weighted by atomic mass is 19.1. The standard InChI is InChI=1S/C33H30F2N4O3/c1-37(17-21-7-3-2-4-8-21)33(42)23-13-14-29(27(16-23)36-32(41)31-25(34)9-5-10-26(31)35)38-18-22-15-24(20-38)28-11-6-12-30(40)39(28)19-22/h2-14,16,22,24H,15,17-20H2,1H3,(H,36,41). The molecule has 7 nitrogen and oxygen atoms in total. The molecule has 1 N–H and O–H groups in total. The van der Waals surface area contributed by atoms with Crippen LogP contribution in [-0.2, 0) is 13.1 Å². The van der Waals surface area contributed by atoms with Crippen LogP contribution in [0.4, 0.5) is 20.2 Å². The molecular weight excluding hydrogens is 538 g/mol. The second-order valence-corrected chi connectivity index (χ2v) is 11.0. The molecule has 2 aliphatic heterocycles. The number of hydrogen-bond acceptors (Lipinski definition) is 4. The average Bonchev–Trinajstić information content (AvgIpc) is 2.97. The van der Waals surface area contributed by atoms with Crippen molar-refractivity contribution >= 4 is 23.2 Å². The summed E-state index contributed by atoms with van der Waals surface area (Å²) in [5.41, 5.74) is 2.49. The van der Waals surface area contributed by atoms with Gasteiger partial charge in [0.2, 0.25) is 0 Å². The minimum atomic E-state index is -0.974. The number of piperidine rings is 1. The summed E-state index contributed by atoms with van der Waals surface area (Å²) in [5.74, 6) is -2.86. The van der Waals surface area contributed by atoms with Gasteiger partial charge in [0.15, 0.2) is 0 Å². The maximum Gasteiger partial charge on any atom is 0.261 e. The van der Waals surface area contributed by atoms with Gasteiger partial charge in [0.05, 0.1) is 11.4 Å². The van der Waals surface area contributed by atoms with E-state index in [2.05, 4.69) is 10.2 Å². The van der Waals surface area contributed by atoms with Crippen molar-refractivity contribution in [1.82, 2.24) is 9.47 Å². The largest absolute Gasteiger partial charge is 0.369 e. The Morgan fingerprint density at radius 2 is 1.64 bits per heavy atom. The molecule has 2 aliphatic rings. The number of hydrogen-bond donors (Lipinski definition) is 1. The van der Waals surface area contributed by atoms with Crippen LogP contribution in [0.1, 0.15) is 44.3 Å². The van der Waals surface area contributed by atoms with Crippen molar-refractivity contribution in [2.45, 2.75) is 25.4 Å². The third kappa shape index (κ3) is 5.30. The zero-order valence-electron chi connectivity index (χ0n) is 23.1. The second-order valence-electron chi connectivity index (χ2n) is 11.0. The number of carbonyl (C=O) groups is 2. The minimum Gasteiger partial charge on any atom is -0.369 e. The number of anilines is 2. The normalized spacial score (nSPS) is 17.4. The summed E-state index contributed by atoms with van der Waals surface area (Å²) in [5, 5.41) is 2.70. The Hall–Kier alpha value is -4.79. The number of nitrogens with one attached hydrogen (secondary N) is 1. The fourth-order valence-corrected chi connectivity index (χ4v) is 6.19. The third-order valence-electron chi connectivity index (χ3n) is 8.11. The van der Waals surface area contributed by atoms with Crippen molar-refractivity contribution in [3.8, 4) is 0 Å². The molecule has 2 atom stereocenters. The van der Waals surface area contributed by atoms with E-state index in [9.17, 15) is 23.2 Å². The molecule has 1 fully saturated rings. The van der Waals surface area contributed by atoms with Crippen molar-refractivity contribution < 1.29 is 18.4 Å². The fourth-order valence-electron chi connectivity index (χ4n) is 6.19. The zero-order chi connectivity index (χ0) is 29.4.